The van der Waals surface area contributed by atoms with Gasteiger partial charge in [-0.3, -0.25) is 14.4 Å². The van der Waals surface area contributed by atoms with Crippen molar-refractivity contribution in [1.29, 1.82) is 0 Å². The van der Waals surface area contributed by atoms with Crippen molar-refractivity contribution in [3.63, 3.8) is 0 Å². The Morgan fingerprint density at radius 3 is 2.21 bits per heavy atom. The highest BCUT2D eigenvalue weighted by Crippen LogP contribution is 2.46. The molecule has 0 bridgehead atoms. The Hall–Kier alpha value is -1.59. The number of nitrogens with zero attached hydrogens (tertiary/aromatic N) is 1. The fourth-order valence-corrected chi connectivity index (χ4v) is 2.45. The monoisotopic (exact) mass is 268 g/mol. The van der Waals surface area contributed by atoms with Crippen molar-refractivity contribution in [1.82, 2.24) is 10.2 Å². The molecular weight excluding hydrogens is 248 g/mol. The van der Waals surface area contributed by atoms with Crippen LogP contribution in [0.15, 0.2) is 0 Å². The number of piperidine rings is 1. The lowest BCUT2D eigenvalue weighted by molar-refractivity contribution is -0.150. The first-order valence-electron chi connectivity index (χ1n) is 6.80. The van der Waals surface area contributed by atoms with Crippen LogP contribution in [-0.4, -0.2) is 46.9 Å². The average Bonchev–Trinajstić information content (AvgIpc) is 3.20. The van der Waals surface area contributed by atoms with Crippen molar-refractivity contribution in [2.75, 3.05) is 13.1 Å². The van der Waals surface area contributed by atoms with Crippen LogP contribution in [0.1, 0.15) is 39.0 Å². The Labute approximate surface area is 112 Å². The van der Waals surface area contributed by atoms with Gasteiger partial charge in [-0.05, 0) is 39.0 Å². The molecule has 1 saturated heterocycles. The van der Waals surface area contributed by atoms with Gasteiger partial charge in [-0.1, -0.05) is 0 Å². The lowest BCUT2D eigenvalue weighted by atomic mass is 10.1. The summed E-state index contributed by atoms with van der Waals surface area (Å²) in [4.78, 5) is 36.8. The molecule has 0 aromatic carbocycles. The minimum Gasteiger partial charge on any atom is -0.480 e. The number of carbonyl (C=O) groups is 3. The second-order valence-corrected chi connectivity index (χ2v) is 5.47. The summed E-state index contributed by atoms with van der Waals surface area (Å²) in [7, 11) is 0. The summed E-state index contributed by atoms with van der Waals surface area (Å²) in [6.45, 7) is 3.07. The molecule has 1 heterocycles. The second kappa shape index (κ2) is 5.19. The highest BCUT2D eigenvalue weighted by atomic mass is 16.4. The van der Waals surface area contributed by atoms with Crippen LogP contribution in [0.5, 0.6) is 0 Å². The Kier molecular flexibility index (Phi) is 3.78. The van der Waals surface area contributed by atoms with Crippen LogP contribution in [0.3, 0.4) is 0 Å². The van der Waals surface area contributed by atoms with Gasteiger partial charge in [-0.25, -0.2) is 0 Å². The summed E-state index contributed by atoms with van der Waals surface area (Å²) >= 11 is 0. The molecule has 0 radical (unpaired) electrons. The van der Waals surface area contributed by atoms with E-state index in [4.69, 9.17) is 5.11 Å². The zero-order valence-corrected chi connectivity index (χ0v) is 11.1. The number of hydrogen-bond donors (Lipinski definition) is 2. The van der Waals surface area contributed by atoms with E-state index < -0.39 is 23.3 Å². The molecule has 1 unspecified atom stereocenters. The zero-order chi connectivity index (χ0) is 14.0. The fraction of sp³-hybridized carbons (Fsp3) is 0.769. The van der Waals surface area contributed by atoms with Gasteiger partial charge in [0.05, 0.1) is 0 Å². The van der Waals surface area contributed by atoms with Gasteiger partial charge in [0.1, 0.15) is 11.5 Å². The molecule has 0 aromatic heterocycles. The third-order valence-electron chi connectivity index (χ3n) is 3.98. The van der Waals surface area contributed by atoms with Crippen LogP contribution in [-0.2, 0) is 14.4 Å². The van der Waals surface area contributed by atoms with Gasteiger partial charge in [-0.2, -0.15) is 0 Å². The van der Waals surface area contributed by atoms with Crippen LogP contribution in [0, 0.1) is 5.41 Å². The van der Waals surface area contributed by atoms with Gasteiger partial charge in [0.25, 0.3) is 0 Å². The Balaban J connectivity index is 1.90. The first kappa shape index (κ1) is 13.8. The van der Waals surface area contributed by atoms with E-state index in [0.717, 1.165) is 32.4 Å². The Morgan fingerprint density at radius 1 is 1.16 bits per heavy atom. The first-order chi connectivity index (χ1) is 8.97. The zero-order valence-electron chi connectivity index (χ0n) is 11.1. The van der Waals surface area contributed by atoms with Crippen LogP contribution in [0.4, 0.5) is 0 Å². The van der Waals surface area contributed by atoms with Crippen molar-refractivity contribution in [3.8, 4) is 0 Å². The van der Waals surface area contributed by atoms with E-state index in [2.05, 4.69) is 5.32 Å². The molecule has 6 heteroatoms. The van der Waals surface area contributed by atoms with Crippen molar-refractivity contribution in [2.45, 2.75) is 45.1 Å². The van der Waals surface area contributed by atoms with E-state index in [-0.39, 0.29) is 5.91 Å². The van der Waals surface area contributed by atoms with E-state index in [1.54, 1.807) is 11.8 Å². The first-order valence-corrected chi connectivity index (χ1v) is 6.80. The Morgan fingerprint density at radius 2 is 1.74 bits per heavy atom. The summed E-state index contributed by atoms with van der Waals surface area (Å²) < 4.78 is 0. The standard InChI is InChI=1S/C13H20N2O4/c1-9(10(16)15-7-3-2-4-8-15)14-11(17)13(5-6-13)12(18)19/h9H,2-8H2,1H3,(H,14,17)(H,18,19). The topological polar surface area (TPSA) is 86.7 Å². The molecule has 1 aliphatic carbocycles. The summed E-state index contributed by atoms with van der Waals surface area (Å²) in [5.74, 6) is -1.74. The van der Waals surface area contributed by atoms with E-state index in [1.165, 1.54) is 0 Å². The maximum absolute atomic E-state index is 12.1. The van der Waals surface area contributed by atoms with E-state index in [9.17, 15) is 14.4 Å². The van der Waals surface area contributed by atoms with Gasteiger partial charge in [0.15, 0.2) is 0 Å². The minimum atomic E-state index is -1.28. The highest BCUT2D eigenvalue weighted by molar-refractivity contribution is 6.06. The van der Waals surface area contributed by atoms with Gasteiger partial charge in [0, 0.05) is 13.1 Å². The van der Waals surface area contributed by atoms with Gasteiger partial charge >= 0.3 is 5.97 Å². The molecule has 106 valence electrons. The molecule has 1 saturated carbocycles. The SMILES string of the molecule is CC(NC(=O)C1(C(=O)O)CC1)C(=O)N1CCCCC1. The molecule has 1 aliphatic heterocycles. The molecule has 2 fully saturated rings. The number of aliphatic carboxylic acids is 1. The van der Waals surface area contributed by atoms with E-state index >= 15 is 0 Å². The number of hydrogen-bond acceptors (Lipinski definition) is 3. The molecule has 19 heavy (non-hydrogen) atoms. The molecule has 2 aliphatic rings. The summed E-state index contributed by atoms with van der Waals surface area (Å²) in [6.07, 6.45) is 3.83. The molecule has 2 amide bonds. The van der Waals surface area contributed by atoms with E-state index in [1.807, 2.05) is 0 Å². The summed E-state index contributed by atoms with van der Waals surface area (Å²) in [6, 6.07) is -0.651. The van der Waals surface area contributed by atoms with Gasteiger partial charge in [-0.15, -0.1) is 0 Å². The quantitative estimate of drug-likeness (QED) is 0.721. The van der Waals surface area contributed by atoms with Crippen molar-refractivity contribution < 1.29 is 19.5 Å². The number of rotatable bonds is 4. The van der Waals surface area contributed by atoms with Crippen LogP contribution in [0.25, 0.3) is 0 Å². The molecule has 0 aromatic rings. The van der Waals surface area contributed by atoms with Crippen molar-refractivity contribution >= 4 is 17.8 Å². The number of carboxylic acid groups (broad SMARTS) is 1. The molecule has 1 atom stereocenters. The largest absolute Gasteiger partial charge is 0.480 e. The number of carbonyl (C=O) groups excluding carboxylic acids is 2. The average molecular weight is 268 g/mol. The fourth-order valence-electron chi connectivity index (χ4n) is 2.45. The van der Waals surface area contributed by atoms with E-state index in [0.29, 0.717) is 12.8 Å². The maximum Gasteiger partial charge on any atom is 0.319 e. The van der Waals surface area contributed by atoms with Gasteiger partial charge < -0.3 is 15.3 Å². The van der Waals surface area contributed by atoms with Crippen LogP contribution >= 0.6 is 0 Å². The summed E-state index contributed by atoms with van der Waals surface area (Å²) in [5.41, 5.74) is -1.28. The molecule has 6 nitrogen and oxygen atoms in total. The predicted octanol–water partition coefficient (Wildman–Crippen LogP) is 0.368. The maximum atomic E-state index is 12.1. The summed E-state index contributed by atoms with van der Waals surface area (Å²) in [5, 5.41) is 11.6. The smallest absolute Gasteiger partial charge is 0.319 e. The lowest BCUT2D eigenvalue weighted by Crippen LogP contribution is -2.51. The molecule has 2 rings (SSSR count). The molecule has 2 N–H and O–H groups in total. The van der Waals surface area contributed by atoms with Crippen molar-refractivity contribution in [3.05, 3.63) is 0 Å². The normalized spacial score (nSPS) is 22.5. The highest BCUT2D eigenvalue weighted by Gasteiger charge is 2.57. The third kappa shape index (κ3) is 2.72. The van der Waals surface area contributed by atoms with Crippen LogP contribution in [0.2, 0.25) is 0 Å². The number of carboxylic acids is 1. The second-order valence-electron chi connectivity index (χ2n) is 5.47. The number of likely N-dealkylation sites (tertiary alicyclic amines) is 1. The lowest BCUT2D eigenvalue weighted by Gasteiger charge is -2.29. The molecule has 0 spiro atoms. The number of amides is 2. The third-order valence-corrected chi connectivity index (χ3v) is 3.98. The number of nitrogens with one attached hydrogen (secondary N) is 1. The minimum absolute atomic E-state index is 0.116. The van der Waals surface area contributed by atoms with Crippen molar-refractivity contribution in [2.24, 2.45) is 5.41 Å². The Bertz CT molecular complexity index is 397. The van der Waals surface area contributed by atoms with Gasteiger partial charge in [0.2, 0.25) is 11.8 Å². The predicted molar refractivity (Wildman–Crippen MR) is 67.3 cm³/mol. The molecular formula is C13H20N2O4. The van der Waals surface area contributed by atoms with Crippen LogP contribution < -0.4 is 5.32 Å².